The van der Waals surface area contributed by atoms with Gasteiger partial charge in [0.05, 0.1) is 20.4 Å². The highest BCUT2D eigenvalue weighted by molar-refractivity contribution is 8.76. The van der Waals surface area contributed by atoms with Crippen LogP contribution in [0.1, 0.15) is 63.8 Å². The van der Waals surface area contributed by atoms with E-state index in [-0.39, 0.29) is 0 Å². The lowest BCUT2D eigenvalue weighted by Crippen LogP contribution is -2.46. The first-order chi connectivity index (χ1) is 28.2. The van der Waals surface area contributed by atoms with E-state index in [1.807, 2.05) is 63.1 Å². The van der Waals surface area contributed by atoms with Crippen LogP contribution in [-0.2, 0) is 39.4 Å². The van der Waals surface area contributed by atoms with Gasteiger partial charge in [0.25, 0.3) is 0 Å². The largest absolute Gasteiger partial charge is 0.501 e. The number of hydrogen-bond donors (Lipinski definition) is 0. The second-order valence-electron chi connectivity index (χ2n) is 13.6. The van der Waals surface area contributed by atoms with Crippen molar-refractivity contribution in [3.8, 4) is 21.1 Å². The van der Waals surface area contributed by atoms with Gasteiger partial charge in [-0.2, -0.15) is 0 Å². The summed E-state index contributed by atoms with van der Waals surface area (Å²) in [5.41, 5.74) is 9.17. The van der Waals surface area contributed by atoms with E-state index in [0.29, 0.717) is 51.7 Å². The molecule has 0 saturated carbocycles. The van der Waals surface area contributed by atoms with Gasteiger partial charge >= 0.3 is 17.6 Å². The number of nitrogens with zero attached hydrogens (tertiary/aromatic N) is 2. The molecule has 58 heavy (non-hydrogen) atoms. The minimum atomic E-state index is -2.93. The summed E-state index contributed by atoms with van der Waals surface area (Å²) in [7, 11) is -2.24. The van der Waals surface area contributed by atoms with Crippen molar-refractivity contribution in [2.75, 3.05) is 39.6 Å². The molecule has 6 rings (SSSR count). The number of benzene rings is 4. The molecular formula is C44H56N2O6S4Si2. The van der Waals surface area contributed by atoms with E-state index in [2.05, 4.69) is 86.6 Å². The van der Waals surface area contributed by atoms with E-state index in [4.69, 9.17) is 36.5 Å². The third-order valence-electron chi connectivity index (χ3n) is 9.71. The average molecular weight is 893 g/mol. The average Bonchev–Trinajstić information content (AvgIpc) is 3.84. The van der Waals surface area contributed by atoms with Crippen molar-refractivity contribution < 1.29 is 26.6 Å². The monoisotopic (exact) mass is 892 g/mol. The lowest BCUT2D eigenvalue weighted by atomic mass is 10.0. The smallest absolute Gasteiger partial charge is 0.374 e. The summed E-state index contributed by atoms with van der Waals surface area (Å²) in [6.07, 6.45) is 1.48. The van der Waals surface area contributed by atoms with Crippen LogP contribution in [0.2, 0.25) is 12.1 Å². The summed E-state index contributed by atoms with van der Waals surface area (Å²) in [6, 6.07) is 27.2. The molecule has 0 fully saturated rings. The number of hydrogen-bond acceptors (Lipinski definition) is 12. The van der Waals surface area contributed by atoms with E-state index in [9.17, 15) is 0 Å². The van der Waals surface area contributed by atoms with E-state index in [1.54, 1.807) is 22.7 Å². The van der Waals surface area contributed by atoms with Gasteiger partial charge in [0, 0.05) is 72.6 Å². The van der Waals surface area contributed by atoms with Crippen LogP contribution in [0.25, 0.3) is 41.6 Å². The van der Waals surface area contributed by atoms with Crippen molar-refractivity contribution in [3.05, 3.63) is 95.1 Å². The molecule has 0 bridgehead atoms. The normalized spacial score (nSPS) is 12.3. The Morgan fingerprint density at radius 2 is 0.828 bits per heavy atom. The standard InChI is InChI=1S/C44H56N2O6S4Si2/c1-9-47-57(48-10-2,49-11-3)29-27-33-25-23-31(7)39(43-45-35-19-15-17-21-37(35)53-43)41(33)55-56-42-34(28-30-58(50-12-4,51-13-5)52-14-6)26-24-32(8)40(42)44-46-36-20-16-18-22-38(36)54-44/h15-26H,9-14,27-30H2,1-8H3. The van der Waals surface area contributed by atoms with Gasteiger partial charge in [0.1, 0.15) is 10.0 Å². The Morgan fingerprint density at radius 3 is 1.16 bits per heavy atom. The minimum absolute atomic E-state index is 0.541. The molecule has 0 aliphatic carbocycles. The zero-order valence-corrected chi connectivity index (χ0v) is 40.2. The number of aromatic nitrogens is 2. The van der Waals surface area contributed by atoms with Crippen molar-refractivity contribution >= 4 is 82.3 Å². The SMILES string of the molecule is CCO[Si](CCc1ccc(C)c(-c2nc3ccccc3s2)c1SSc1c(CC[Si](OCC)(OCC)OCC)ccc(C)c1-c1nc2ccccc2s1)(OCC)OCC. The van der Waals surface area contributed by atoms with Gasteiger partial charge in [-0.05, 0) is 115 Å². The number of aryl methyl sites for hydroxylation is 4. The van der Waals surface area contributed by atoms with E-state index in [0.717, 1.165) is 33.9 Å². The second-order valence-corrected chi connectivity index (χ2v) is 23.3. The number of fused-ring (bicyclic) bond motifs is 2. The maximum atomic E-state index is 6.34. The van der Waals surface area contributed by atoms with Gasteiger partial charge in [-0.3, -0.25) is 0 Å². The Labute approximate surface area is 362 Å². The molecule has 0 N–H and O–H groups in total. The van der Waals surface area contributed by atoms with E-state index >= 15 is 0 Å². The topological polar surface area (TPSA) is 81.2 Å². The fraction of sp³-hybridized carbons (Fsp3) is 0.409. The highest BCUT2D eigenvalue weighted by Gasteiger charge is 2.41. The molecule has 2 aromatic heterocycles. The first kappa shape index (κ1) is 45.1. The van der Waals surface area contributed by atoms with Gasteiger partial charge < -0.3 is 26.6 Å². The van der Waals surface area contributed by atoms with Gasteiger partial charge in [-0.1, -0.05) is 70.1 Å². The Balaban J connectivity index is 1.49. The van der Waals surface area contributed by atoms with Crippen LogP contribution in [0.15, 0.2) is 82.6 Å². The molecule has 14 heteroatoms. The van der Waals surface area contributed by atoms with E-state index < -0.39 is 17.6 Å². The Bertz CT molecular complexity index is 2010. The van der Waals surface area contributed by atoms with Crippen LogP contribution in [0, 0.1) is 13.8 Å². The lowest BCUT2D eigenvalue weighted by molar-refractivity contribution is 0.0706. The summed E-state index contributed by atoms with van der Waals surface area (Å²) >= 11 is 3.49. The third-order valence-corrected chi connectivity index (χ3v) is 20.5. The second kappa shape index (κ2) is 21.4. The fourth-order valence-electron chi connectivity index (χ4n) is 7.18. The Hall–Kier alpha value is -2.45. The molecular weight excluding hydrogens is 837 g/mol. The molecule has 0 aliphatic rings. The predicted octanol–water partition coefficient (Wildman–Crippen LogP) is 12.8. The molecule has 4 aromatic carbocycles. The quantitative estimate of drug-likeness (QED) is 0.0458. The Morgan fingerprint density at radius 1 is 0.483 bits per heavy atom. The summed E-state index contributed by atoms with van der Waals surface area (Å²) in [4.78, 5) is 12.8. The number of rotatable bonds is 23. The first-order valence-corrected chi connectivity index (χ1v) is 28.0. The van der Waals surface area contributed by atoms with Crippen LogP contribution in [0.4, 0.5) is 0 Å². The van der Waals surface area contributed by atoms with Crippen molar-refractivity contribution in [2.24, 2.45) is 0 Å². The maximum absolute atomic E-state index is 6.34. The minimum Gasteiger partial charge on any atom is -0.374 e. The van der Waals surface area contributed by atoms with Crippen LogP contribution in [0.3, 0.4) is 0 Å². The van der Waals surface area contributed by atoms with Gasteiger partial charge in [0.2, 0.25) is 0 Å². The number of para-hydroxylation sites is 2. The third kappa shape index (κ3) is 10.5. The summed E-state index contributed by atoms with van der Waals surface area (Å²) in [5, 5.41) is 2.03. The molecule has 0 amide bonds. The van der Waals surface area contributed by atoms with Crippen LogP contribution in [-0.4, -0.2) is 67.2 Å². The molecule has 6 aromatic rings. The molecule has 2 heterocycles. The molecule has 0 aliphatic heterocycles. The van der Waals surface area contributed by atoms with Gasteiger partial charge in [0.15, 0.2) is 0 Å². The summed E-state index contributed by atoms with van der Waals surface area (Å²) in [5.74, 6) is 0. The molecule has 0 unspecified atom stereocenters. The zero-order valence-electron chi connectivity index (χ0n) is 35.0. The van der Waals surface area contributed by atoms with Crippen molar-refractivity contribution in [1.82, 2.24) is 9.97 Å². The van der Waals surface area contributed by atoms with Crippen molar-refractivity contribution in [1.29, 1.82) is 0 Å². The van der Waals surface area contributed by atoms with Gasteiger partial charge in [-0.25, -0.2) is 9.97 Å². The zero-order chi connectivity index (χ0) is 41.1. The highest BCUT2D eigenvalue weighted by Crippen LogP contribution is 2.51. The molecule has 310 valence electrons. The molecule has 0 radical (unpaired) electrons. The fourth-order valence-corrected chi connectivity index (χ4v) is 17.7. The first-order valence-electron chi connectivity index (χ1n) is 20.4. The van der Waals surface area contributed by atoms with Crippen LogP contribution < -0.4 is 0 Å². The highest BCUT2D eigenvalue weighted by atomic mass is 33.1. The van der Waals surface area contributed by atoms with E-state index in [1.165, 1.54) is 52.6 Å². The van der Waals surface area contributed by atoms with Crippen LogP contribution in [0.5, 0.6) is 0 Å². The molecule has 0 saturated heterocycles. The molecule has 8 nitrogen and oxygen atoms in total. The lowest BCUT2D eigenvalue weighted by Gasteiger charge is -2.29. The predicted molar refractivity (Wildman–Crippen MR) is 250 cm³/mol. The van der Waals surface area contributed by atoms with Crippen LogP contribution >= 0.6 is 44.3 Å². The number of thiazole rings is 2. The van der Waals surface area contributed by atoms with Crippen molar-refractivity contribution in [3.63, 3.8) is 0 Å². The molecule has 0 spiro atoms. The van der Waals surface area contributed by atoms with Crippen molar-refractivity contribution in [2.45, 2.75) is 90.1 Å². The summed E-state index contributed by atoms with van der Waals surface area (Å²) in [6.45, 7) is 19.7. The van der Waals surface area contributed by atoms with Gasteiger partial charge in [-0.15, -0.1) is 22.7 Å². The molecule has 0 atom stereocenters. The summed E-state index contributed by atoms with van der Waals surface area (Å²) < 4.78 is 40.4. The maximum Gasteiger partial charge on any atom is 0.501 e. The Kier molecular flexibility index (Phi) is 16.6.